The average molecular weight is 431 g/mol. The molecule has 0 aliphatic heterocycles. The van der Waals surface area contributed by atoms with E-state index >= 15 is 0 Å². The quantitative estimate of drug-likeness (QED) is 0.416. The lowest BCUT2D eigenvalue weighted by Crippen LogP contribution is -2.23. The van der Waals surface area contributed by atoms with E-state index in [4.69, 9.17) is 0 Å². The number of aromatic hydroxyl groups is 2. The Balaban J connectivity index is 2.15. The van der Waals surface area contributed by atoms with Crippen molar-refractivity contribution in [1.82, 2.24) is 0 Å². The van der Waals surface area contributed by atoms with Crippen molar-refractivity contribution in [2.75, 3.05) is 0 Å². The van der Waals surface area contributed by atoms with Gasteiger partial charge in [-0.1, -0.05) is 104 Å². The van der Waals surface area contributed by atoms with Crippen LogP contribution in [-0.2, 0) is 10.8 Å². The van der Waals surface area contributed by atoms with Gasteiger partial charge >= 0.3 is 0 Å². The summed E-state index contributed by atoms with van der Waals surface area (Å²) in [5.74, 6) is 1.11. The maximum Gasteiger partial charge on any atom is 0.123 e. The standard InChI is InChI=1S/C30H38O2/c1-19(2)21-11-9-13-23(15-21)29(5,6)25-17-26(28(32)18-27(25)31)30(7,8)24-14-10-12-22(16-24)20(3)4/h9-20,31-32H,1-8H3. The molecule has 0 heterocycles. The van der Waals surface area contributed by atoms with Crippen molar-refractivity contribution in [3.8, 4) is 11.5 Å². The lowest BCUT2D eigenvalue weighted by molar-refractivity contribution is 0.424. The number of hydrogen-bond donors (Lipinski definition) is 2. The second-order valence-corrected chi connectivity index (χ2v) is 10.7. The molecule has 3 rings (SSSR count). The van der Waals surface area contributed by atoms with Gasteiger partial charge in [0.05, 0.1) is 0 Å². The normalized spacial score (nSPS) is 12.6. The van der Waals surface area contributed by atoms with Crippen LogP contribution in [0, 0.1) is 0 Å². The number of hydrogen-bond acceptors (Lipinski definition) is 2. The highest BCUT2D eigenvalue weighted by Crippen LogP contribution is 2.45. The third kappa shape index (κ3) is 4.41. The van der Waals surface area contributed by atoms with E-state index in [0.29, 0.717) is 11.8 Å². The predicted octanol–water partition coefficient (Wildman–Crippen LogP) is 8.00. The molecule has 0 radical (unpaired) electrons. The van der Waals surface area contributed by atoms with Gasteiger partial charge in [0, 0.05) is 28.0 Å². The van der Waals surface area contributed by atoms with Gasteiger partial charge in [-0.2, -0.15) is 0 Å². The topological polar surface area (TPSA) is 40.5 Å². The number of benzene rings is 3. The minimum Gasteiger partial charge on any atom is -0.507 e. The van der Waals surface area contributed by atoms with Gasteiger partial charge in [-0.15, -0.1) is 0 Å². The monoisotopic (exact) mass is 430 g/mol. The molecule has 2 heteroatoms. The summed E-state index contributed by atoms with van der Waals surface area (Å²) in [6, 6.07) is 20.7. The molecule has 0 amide bonds. The Morgan fingerprint density at radius 3 is 1.28 bits per heavy atom. The van der Waals surface area contributed by atoms with Crippen LogP contribution in [0.4, 0.5) is 0 Å². The van der Waals surface area contributed by atoms with E-state index in [9.17, 15) is 10.2 Å². The van der Waals surface area contributed by atoms with Crippen LogP contribution >= 0.6 is 0 Å². The molecule has 170 valence electrons. The van der Waals surface area contributed by atoms with Crippen LogP contribution in [0.25, 0.3) is 0 Å². The van der Waals surface area contributed by atoms with Gasteiger partial charge in [0.25, 0.3) is 0 Å². The highest BCUT2D eigenvalue weighted by Gasteiger charge is 2.32. The second-order valence-electron chi connectivity index (χ2n) is 10.7. The first-order valence-electron chi connectivity index (χ1n) is 11.6. The molecule has 0 fully saturated rings. The average Bonchev–Trinajstić information content (AvgIpc) is 2.73. The highest BCUT2D eigenvalue weighted by atomic mass is 16.3. The van der Waals surface area contributed by atoms with E-state index in [-0.39, 0.29) is 11.5 Å². The van der Waals surface area contributed by atoms with E-state index in [1.54, 1.807) is 0 Å². The molecular weight excluding hydrogens is 392 g/mol. The smallest absolute Gasteiger partial charge is 0.123 e. The fourth-order valence-corrected chi connectivity index (χ4v) is 4.46. The first kappa shape index (κ1) is 23.9. The van der Waals surface area contributed by atoms with Gasteiger partial charge in [0.1, 0.15) is 11.5 Å². The minimum atomic E-state index is -0.423. The van der Waals surface area contributed by atoms with Crippen LogP contribution in [0.2, 0.25) is 0 Å². The summed E-state index contributed by atoms with van der Waals surface area (Å²) in [6.07, 6.45) is 0. The van der Waals surface area contributed by atoms with Gasteiger partial charge in [-0.25, -0.2) is 0 Å². The highest BCUT2D eigenvalue weighted by molar-refractivity contribution is 5.56. The third-order valence-electron chi connectivity index (χ3n) is 7.01. The Hall–Kier alpha value is -2.74. The van der Waals surface area contributed by atoms with E-state index in [1.165, 1.54) is 17.2 Å². The van der Waals surface area contributed by atoms with Crippen molar-refractivity contribution in [2.24, 2.45) is 0 Å². The third-order valence-corrected chi connectivity index (χ3v) is 7.01. The first-order chi connectivity index (χ1) is 14.9. The predicted molar refractivity (Wildman–Crippen MR) is 135 cm³/mol. The zero-order valence-electron chi connectivity index (χ0n) is 20.8. The van der Waals surface area contributed by atoms with Gasteiger partial charge < -0.3 is 10.2 Å². The van der Waals surface area contributed by atoms with Crippen LogP contribution in [0.5, 0.6) is 11.5 Å². The van der Waals surface area contributed by atoms with Crippen LogP contribution in [0.15, 0.2) is 60.7 Å². The molecule has 32 heavy (non-hydrogen) atoms. The van der Waals surface area contributed by atoms with Crippen molar-refractivity contribution in [1.29, 1.82) is 0 Å². The molecule has 2 N–H and O–H groups in total. The largest absolute Gasteiger partial charge is 0.507 e. The molecular formula is C30H38O2. The lowest BCUT2D eigenvalue weighted by Gasteiger charge is -2.32. The number of phenols is 2. The van der Waals surface area contributed by atoms with E-state index in [1.807, 2.05) is 6.07 Å². The van der Waals surface area contributed by atoms with Crippen LogP contribution < -0.4 is 0 Å². The Morgan fingerprint density at radius 1 is 0.562 bits per heavy atom. The van der Waals surface area contributed by atoms with E-state index in [2.05, 4.69) is 104 Å². The molecule has 3 aromatic rings. The van der Waals surface area contributed by atoms with Crippen molar-refractivity contribution >= 4 is 0 Å². The molecule has 0 unspecified atom stereocenters. The summed E-state index contributed by atoms with van der Waals surface area (Å²) in [5, 5.41) is 21.8. The Morgan fingerprint density at radius 2 is 0.938 bits per heavy atom. The molecule has 0 atom stereocenters. The molecule has 0 spiro atoms. The fourth-order valence-electron chi connectivity index (χ4n) is 4.46. The maximum absolute atomic E-state index is 10.9. The fraction of sp³-hybridized carbons (Fsp3) is 0.400. The van der Waals surface area contributed by atoms with Gasteiger partial charge in [0.2, 0.25) is 0 Å². The number of rotatable bonds is 6. The summed E-state index contributed by atoms with van der Waals surface area (Å²) >= 11 is 0. The number of phenolic OH excluding ortho intramolecular Hbond substituents is 2. The zero-order valence-corrected chi connectivity index (χ0v) is 20.8. The molecule has 0 aromatic heterocycles. The van der Waals surface area contributed by atoms with Crippen LogP contribution in [0.3, 0.4) is 0 Å². The Bertz CT molecular complexity index is 1020. The van der Waals surface area contributed by atoms with Crippen molar-refractivity contribution in [3.63, 3.8) is 0 Å². The van der Waals surface area contributed by atoms with Gasteiger partial charge in [-0.3, -0.25) is 0 Å². The minimum absolute atomic E-state index is 0.123. The van der Waals surface area contributed by atoms with E-state index < -0.39 is 10.8 Å². The SMILES string of the molecule is CC(C)c1cccc(C(C)(C)c2cc(C(C)(C)c3cccc(C(C)C)c3)c(O)cc2O)c1. The van der Waals surface area contributed by atoms with Crippen molar-refractivity contribution in [2.45, 2.75) is 78.1 Å². The van der Waals surface area contributed by atoms with Crippen LogP contribution in [0.1, 0.15) is 101 Å². The van der Waals surface area contributed by atoms with Gasteiger partial charge in [-0.05, 0) is 40.2 Å². The molecule has 2 nitrogen and oxygen atoms in total. The van der Waals surface area contributed by atoms with Gasteiger partial charge in [0.15, 0.2) is 0 Å². The van der Waals surface area contributed by atoms with E-state index in [0.717, 1.165) is 22.3 Å². The summed E-state index contributed by atoms with van der Waals surface area (Å²) in [6.45, 7) is 17.3. The summed E-state index contributed by atoms with van der Waals surface area (Å²) < 4.78 is 0. The summed E-state index contributed by atoms with van der Waals surface area (Å²) in [5.41, 5.74) is 5.64. The summed E-state index contributed by atoms with van der Waals surface area (Å²) in [7, 11) is 0. The van der Waals surface area contributed by atoms with Crippen molar-refractivity contribution < 1.29 is 10.2 Å². The zero-order chi connectivity index (χ0) is 23.8. The lowest BCUT2D eigenvalue weighted by atomic mass is 9.72. The maximum atomic E-state index is 10.9. The Labute approximate surface area is 194 Å². The molecule has 0 saturated carbocycles. The molecule has 0 bridgehead atoms. The first-order valence-corrected chi connectivity index (χ1v) is 11.6. The Kier molecular flexibility index (Phi) is 6.47. The molecule has 3 aromatic carbocycles. The van der Waals surface area contributed by atoms with Crippen molar-refractivity contribution in [3.05, 3.63) is 94.0 Å². The molecule has 0 saturated heterocycles. The van der Waals surface area contributed by atoms with Crippen LogP contribution in [-0.4, -0.2) is 10.2 Å². The molecule has 0 aliphatic carbocycles. The summed E-state index contributed by atoms with van der Waals surface area (Å²) in [4.78, 5) is 0. The second kappa shape index (κ2) is 8.65. The molecule has 0 aliphatic rings.